The molecular formula is C9H13N3O2. The number of pyridine rings is 1. The van der Waals surface area contributed by atoms with E-state index in [-0.39, 0.29) is 12.4 Å². The molecule has 4 N–H and O–H groups in total. The molecule has 0 bridgehead atoms. The Labute approximate surface area is 82.0 Å². The molecule has 0 aliphatic rings. The van der Waals surface area contributed by atoms with E-state index in [9.17, 15) is 0 Å². The van der Waals surface area contributed by atoms with Gasteiger partial charge in [0.15, 0.2) is 0 Å². The summed E-state index contributed by atoms with van der Waals surface area (Å²) >= 11 is 0. The standard InChI is InChI=1S/C9H13N3O2/c10-9(11)7-3-1-4-8(12-7)14-6-2-5-13/h1,3-4,13H,2,5-6H2,(H3,10,11). The van der Waals surface area contributed by atoms with Crippen molar-refractivity contribution in [1.82, 2.24) is 4.98 Å². The highest BCUT2D eigenvalue weighted by Gasteiger charge is 2.00. The number of hydrogen-bond acceptors (Lipinski definition) is 4. The molecule has 0 aliphatic carbocycles. The molecule has 0 radical (unpaired) electrons. The SMILES string of the molecule is N=C(N)c1cccc(OCCCO)n1. The number of amidine groups is 1. The second-order valence-corrected chi connectivity index (χ2v) is 2.70. The molecule has 0 aliphatic heterocycles. The zero-order valence-electron chi connectivity index (χ0n) is 7.73. The minimum absolute atomic E-state index is 0.0855. The van der Waals surface area contributed by atoms with Gasteiger partial charge in [0.2, 0.25) is 5.88 Å². The lowest BCUT2D eigenvalue weighted by Crippen LogP contribution is -2.13. The maximum absolute atomic E-state index is 8.53. The van der Waals surface area contributed by atoms with Crippen molar-refractivity contribution in [3.8, 4) is 5.88 Å². The van der Waals surface area contributed by atoms with Crippen LogP contribution in [0.25, 0.3) is 0 Å². The largest absolute Gasteiger partial charge is 0.478 e. The average molecular weight is 195 g/mol. The third-order valence-corrected chi connectivity index (χ3v) is 1.55. The Morgan fingerprint density at radius 3 is 3.00 bits per heavy atom. The van der Waals surface area contributed by atoms with E-state index in [1.807, 2.05) is 0 Å². The Bertz CT molecular complexity index is 315. The minimum Gasteiger partial charge on any atom is -0.478 e. The van der Waals surface area contributed by atoms with Gasteiger partial charge in [-0.15, -0.1) is 0 Å². The van der Waals surface area contributed by atoms with Gasteiger partial charge in [-0.05, 0) is 6.07 Å². The summed E-state index contributed by atoms with van der Waals surface area (Å²) in [5.74, 6) is 0.337. The summed E-state index contributed by atoms with van der Waals surface area (Å²) in [4.78, 5) is 3.99. The molecule has 0 saturated carbocycles. The molecule has 1 heterocycles. The Morgan fingerprint density at radius 2 is 2.36 bits per heavy atom. The zero-order chi connectivity index (χ0) is 10.4. The van der Waals surface area contributed by atoms with E-state index in [1.54, 1.807) is 18.2 Å². The molecule has 0 fully saturated rings. The van der Waals surface area contributed by atoms with E-state index in [0.29, 0.717) is 24.6 Å². The van der Waals surface area contributed by atoms with E-state index in [0.717, 1.165) is 0 Å². The second kappa shape index (κ2) is 5.18. The number of hydrogen-bond donors (Lipinski definition) is 3. The van der Waals surface area contributed by atoms with Crippen LogP contribution in [0, 0.1) is 5.41 Å². The maximum Gasteiger partial charge on any atom is 0.213 e. The third kappa shape index (κ3) is 3.02. The summed E-state index contributed by atoms with van der Waals surface area (Å²) in [7, 11) is 0. The first kappa shape index (κ1) is 10.5. The highest BCUT2D eigenvalue weighted by atomic mass is 16.5. The Morgan fingerprint density at radius 1 is 1.57 bits per heavy atom. The highest BCUT2D eigenvalue weighted by Crippen LogP contribution is 2.07. The predicted molar refractivity (Wildman–Crippen MR) is 52.5 cm³/mol. The van der Waals surface area contributed by atoms with Gasteiger partial charge in [-0.2, -0.15) is 0 Å². The molecule has 0 aromatic carbocycles. The van der Waals surface area contributed by atoms with Crippen molar-refractivity contribution in [3.63, 3.8) is 0 Å². The van der Waals surface area contributed by atoms with E-state index in [2.05, 4.69) is 4.98 Å². The van der Waals surface area contributed by atoms with Gasteiger partial charge >= 0.3 is 0 Å². The van der Waals surface area contributed by atoms with Crippen LogP contribution in [0.5, 0.6) is 5.88 Å². The molecule has 0 atom stereocenters. The number of nitrogens with one attached hydrogen (secondary N) is 1. The molecule has 1 aromatic heterocycles. The van der Waals surface area contributed by atoms with Crippen LogP contribution in [0.4, 0.5) is 0 Å². The number of nitrogens with two attached hydrogens (primary N) is 1. The predicted octanol–water partition coefficient (Wildman–Crippen LogP) is 0.127. The Hall–Kier alpha value is -1.62. The molecule has 1 aromatic rings. The smallest absolute Gasteiger partial charge is 0.213 e. The van der Waals surface area contributed by atoms with E-state index in [4.69, 9.17) is 21.0 Å². The van der Waals surface area contributed by atoms with Gasteiger partial charge < -0.3 is 15.6 Å². The lowest BCUT2D eigenvalue weighted by atomic mass is 10.3. The van der Waals surface area contributed by atoms with Crippen LogP contribution in [0.15, 0.2) is 18.2 Å². The maximum atomic E-state index is 8.53. The summed E-state index contributed by atoms with van der Waals surface area (Å²) in [6.45, 7) is 0.497. The second-order valence-electron chi connectivity index (χ2n) is 2.70. The fraction of sp³-hybridized carbons (Fsp3) is 0.333. The van der Waals surface area contributed by atoms with Crippen LogP contribution in [0.2, 0.25) is 0 Å². The number of aliphatic hydroxyl groups is 1. The Balaban J connectivity index is 2.59. The molecule has 5 heteroatoms. The van der Waals surface area contributed by atoms with Crippen molar-refractivity contribution < 1.29 is 9.84 Å². The lowest BCUT2D eigenvalue weighted by molar-refractivity contribution is 0.229. The van der Waals surface area contributed by atoms with E-state index < -0.39 is 0 Å². The van der Waals surface area contributed by atoms with Crippen LogP contribution in [-0.2, 0) is 0 Å². The molecular weight excluding hydrogens is 182 g/mol. The summed E-state index contributed by atoms with van der Waals surface area (Å²) in [6, 6.07) is 5.04. The molecule has 5 nitrogen and oxygen atoms in total. The van der Waals surface area contributed by atoms with Gasteiger partial charge in [-0.1, -0.05) is 6.07 Å². The first-order valence-corrected chi connectivity index (χ1v) is 4.29. The van der Waals surface area contributed by atoms with E-state index >= 15 is 0 Å². The van der Waals surface area contributed by atoms with Crippen molar-refractivity contribution in [2.45, 2.75) is 6.42 Å². The molecule has 1 rings (SSSR count). The van der Waals surface area contributed by atoms with Gasteiger partial charge in [0.25, 0.3) is 0 Å². The summed E-state index contributed by atoms with van der Waals surface area (Å²) < 4.78 is 5.21. The average Bonchev–Trinajstić information content (AvgIpc) is 2.19. The van der Waals surface area contributed by atoms with Crippen molar-refractivity contribution in [2.75, 3.05) is 13.2 Å². The molecule has 0 unspecified atom stereocenters. The van der Waals surface area contributed by atoms with Crippen LogP contribution >= 0.6 is 0 Å². The summed E-state index contributed by atoms with van der Waals surface area (Å²) in [5.41, 5.74) is 5.66. The quantitative estimate of drug-likeness (QED) is 0.353. The fourth-order valence-electron chi connectivity index (χ4n) is 0.887. The molecule has 0 amide bonds. The molecule has 0 spiro atoms. The number of nitrogen functional groups attached to an aromatic ring is 1. The first-order chi connectivity index (χ1) is 6.74. The number of rotatable bonds is 5. The van der Waals surface area contributed by atoms with Gasteiger partial charge in [-0.25, -0.2) is 4.98 Å². The van der Waals surface area contributed by atoms with Gasteiger partial charge in [0.1, 0.15) is 11.5 Å². The topological polar surface area (TPSA) is 92.2 Å². The summed E-state index contributed by atoms with van der Waals surface area (Å²) in [6.07, 6.45) is 0.561. The first-order valence-electron chi connectivity index (χ1n) is 4.29. The molecule has 0 saturated heterocycles. The molecule has 14 heavy (non-hydrogen) atoms. The highest BCUT2D eigenvalue weighted by molar-refractivity contribution is 5.93. The van der Waals surface area contributed by atoms with Crippen LogP contribution in [-0.4, -0.2) is 29.1 Å². The number of ether oxygens (including phenoxy) is 1. The lowest BCUT2D eigenvalue weighted by Gasteiger charge is -2.04. The van der Waals surface area contributed by atoms with Crippen LogP contribution in [0.1, 0.15) is 12.1 Å². The van der Waals surface area contributed by atoms with Crippen molar-refractivity contribution in [1.29, 1.82) is 5.41 Å². The van der Waals surface area contributed by atoms with Crippen molar-refractivity contribution in [3.05, 3.63) is 23.9 Å². The zero-order valence-corrected chi connectivity index (χ0v) is 7.73. The number of aliphatic hydroxyl groups excluding tert-OH is 1. The van der Waals surface area contributed by atoms with Crippen LogP contribution < -0.4 is 10.5 Å². The molecule has 76 valence electrons. The van der Waals surface area contributed by atoms with Gasteiger partial charge in [-0.3, -0.25) is 5.41 Å². The normalized spacial score (nSPS) is 9.79. The van der Waals surface area contributed by atoms with Crippen molar-refractivity contribution >= 4 is 5.84 Å². The van der Waals surface area contributed by atoms with Gasteiger partial charge in [0.05, 0.1) is 6.61 Å². The fourth-order valence-corrected chi connectivity index (χ4v) is 0.887. The summed E-state index contributed by atoms with van der Waals surface area (Å²) in [5, 5.41) is 15.7. The third-order valence-electron chi connectivity index (χ3n) is 1.55. The monoisotopic (exact) mass is 195 g/mol. The number of aromatic nitrogens is 1. The van der Waals surface area contributed by atoms with Gasteiger partial charge in [0, 0.05) is 19.1 Å². The number of nitrogens with zero attached hydrogens (tertiary/aromatic N) is 1. The minimum atomic E-state index is -0.0855. The Kier molecular flexibility index (Phi) is 3.87. The van der Waals surface area contributed by atoms with Crippen molar-refractivity contribution in [2.24, 2.45) is 5.73 Å². The van der Waals surface area contributed by atoms with Crippen LogP contribution in [0.3, 0.4) is 0 Å². The van der Waals surface area contributed by atoms with E-state index in [1.165, 1.54) is 0 Å².